The van der Waals surface area contributed by atoms with E-state index in [0.29, 0.717) is 12.1 Å². The van der Waals surface area contributed by atoms with Crippen LogP contribution in [-0.4, -0.2) is 17.1 Å². The lowest BCUT2D eigenvalue weighted by Crippen LogP contribution is -2.38. The molecule has 1 aromatic carbocycles. The Bertz CT molecular complexity index is 429. The summed E-state index contributed by atoms with van der Waals surface area (Å²) in [6.07, 6.45) is 1.93. The highest BCUT2D eigenvalue weighted by Gasteiger charge is 2.35. The third-order valence-corrected chi connectivity index (χ3v) is 3.12. The van der Waals surface area contributed by atoms with E-state index in [0.717, 1.165) is 18.4 Å². The van der Waals surface area contributed by atoms with E-state index in [1.165, 1.54) is 6.07 Å². The summed E-state index contributed by atoms with van der Waals surface area (Å²) >= 11 is 0. The first-order valence-corrected chi connectivity index (χ1v) is 5.79. The third-order valence-electron chi connectivity index (χ3n) is 3.12. The van der Waals surface area contributed by atoms with Gasteiger partial charge in [0.25, 0.3) is 0 Å². The number of rotatable bonds is 5. The molecular weight excluding hydrogens is 221 g/mol. The number of hydrogen-bond donors (Lipinski definition) is 2. The van der Waals surface area contributed by atoms with E-state index in [4.69, 9.17) is 5.11 Å². The van der Waals surface area contributed by atoms with Crippen molar-refractivity contribution >= 4 is 5.97 Å². The van der Waals surface area contributed by atoms with Crippen LogP contribution in [-0.2, 0) is 11.3 Å². The third kappa shape index (κ3) is 3.03. The number of carboxylic acid groups (broad SMARTS) is 1. The van der Waals surface area contributed by atoms with Crippen LogP contribution in [0.15, 0.2) is 18.2 Å². The molecule has 1 fully saturated rings. The first-order valence-electron chi connectivity index (χ1n) is 5.79. The number of aliphatic carboxylic acids is 1. The molecule has 1 aliphatic carbocycles. The molecule has 2 rings (SSSR count). The van der Waals surface area contributed by atoms with Crippen molar-refractivity contribution in [3.63, 3.8) is 0 Å². The summed E-state index contributed by atoms with van der Waals surface area (Å²) in [5, 5.41) is 12.0. The van der Waals surface area contributed by atoms with Crippen molar-refractivity contribution in [2.24, 2.45) is 5.92 Å². The number of hydrogen-bond acceptors (Lipinski definition) is 2. The minimum absolute atomic E-state index is 0.239. The second kappa shape index (κ2) is 4.84. The van der Waals surface area contributed by atoms with Crippen LogP contribution < -0.4 is 5.32 Å². The van der Waals surface area contributed by atoms with Crippen LogP contribution in [0.2, 0.25) is 0 Å². The molecule has 0 spiro atoms. The van der Waals surface area contributed by atoms with Crippen molar-refractivity contribution in [2.45, 2.75) is 32.4 Å². The van der Waals surface area contributed by atoms with Crippen LogP contribution in [0.5, 0.6) is 0 Å². The van der Waals surface area contributed by atoms with Crippen LogP contribution in [0.3, 0.4) is 0 Å². The second-order valence-corrected chi connectivity index (χ2v) is 4.62. The quantitative estimate of drug-likeness (QED) is 0.824. The van der Waals surface area contributed by atoms with Gasteiger partial charge >= 0.3 is 5.97 Å². The lowest BCUT2D eigenvalue weighted by atomic mass is 10.1. The maximum absolute atomic E-state index is 13.3. The van der Waals surface area contributed by atoms with Crippen molar-refractivity contribution in [1.82, 2.24) is 5.32 Å². The summed E-state index contributed by atoms with van der Waals surface area (Å²) in [4.78, 5) is 11.0. The van der Waals surface area contributed by atoms with Crippen molar-refractivity contribution in [2.75, 3.05) is 0 Å². The van der Waals surface area contributed by atoms with Crippen LogP contribution >= 0.6 is 0 Å². The van der Waals surface area contributed by atoms with Gasteiger partial charge in [-0.1, -0.05) is 12.1 Å². The Kier molecular flexibility index (Phi) is 3.43. The lowest BCUT2D eigenvalue weighted by Gasteiger charge is -2.13. The molecule has 4 heteroatoms. The van der Waals surface area contributed by atoms with Crippen LogP contribution in [0.25, 0.3) is 0 Å². The molecule has 1 aliphatic rings. The molecule has 17 heavy (non-hydrogen) atoms. The zero-order valence-corrected chi connectivity index (χ0v) is 9.74. The number of halogens is 1. The average Bonchev–Trinajstić information content (AvgIpc) is 3.07. The molecule has 0 aromatic heterocycles. The molecule has 0 amide bonds. The first kappa shape index (κ1) is 12.0. The van der Waals surface area contributed by atoms with Crippen LogP contribution in [0.4, 0.5) is 4.39 Å². The lowest BCUT2D eigenvalue weighted by molar-refractivity contribution is -0.140. The molecule has 0 bridgehead atoms. The van der Waals surface area contributed by atoms with Gasteiger partial charge in [-0.05, 0) is 42.9 Å². The highest BCUT2D eigenvalue weighted by molar-refractivity contribution is 5.74. The van der Waals surface area contributed by atoms with Crippen LogP contribution in [0.1, 0.15) is 24.0 Å². The number of benzene rings is 1. The maximum Gasteiger partial charge on any atom is 0.320 e. The minimum atomic E-state index is -0.819. The Balaban J connectivity index is 1.96. The number of carbonyl (C=O) groups is 1. The van der Waals surface area contributed by atoms with Gasteiger partial charge in [-0.3, -0.25) is 4.79 Å². The van der Waals surface area contributed by atoms with Gasteiger partial charge in [0.05, 0.1) is 0 Å². The standard InChI is InChI=1S/C13H16FNO2/c1-8-2-3-9(6-11(8)14)7-15-12(13(16)17)10-4-5-10/h2-3,6,10,12,15H,4-5,7H2,1H3,(H,16,17). The molecule has 1 aromatic rings. The number of aryl methyl sites for hydroxylation is 1. The van der Waals surface area contributed by atoms with E-state index in [1.54, 1.807) is 13.0 Å². The largest absolute Gasteiger partial charge is 0.480 e. The molecule has 0 radical (unpaired) electrons. The Morgan fingerprint density at radius 1 is 1.59 bits per heavy atom. The van der Waals surface area contributed by atoms with E-state index in [-0.39, 0.29) is 11.7 Å². The Hall–Kier alpha value is -1.42. The Morgan fingerprint density at radius 2 is 2.29 bits per heavy atom. The summed E-state index contributed by atoms with van der Waals surface area (Å²) in [7, 11) is 0. The summed E-state index contributed by atoms with van der Waals surface area (Å²) < 4.78 is 13.3. The molecule has 1 atom stereocenters. The fraction of sp³-hybridized carbons (Fsp3) is 0.462. The molecule has 0 heterocycles. The van der Waals surface area contributed by atoms with E-state index in [9.17, 15) is 9.18 Å². The first-order chi connectivity index (χ1) is 8.08. The second-order valence-electron chi connectivity index (χ2n) is 4.62. The van der Waals surface area contributed by atoms with Gasteiger partial charge in [0.15, 0.2) is 0 Å². The molecule has 2 N–H and O–H groups in total. The van der Waals surface area contributed by atoms with Crippen molar-refractivity contribution < 1.29 is 14.3 Å². The summed E-state index contributed by atoms with van der Waals surface area (Å²) in [5.74, 6) is -0.828. The Labute approximate surface area is 99.7 Å². The van der Waals surface area contributed by atoms with Gasteiger partial charge in [-0.15, -0.1) is 0 Å². The van der Waals surface area contributed by atoms with Gasteiger partial charge in [-0.2, -0.15) is 0 Å². The highest BCUT2D eigenvalue weighted by atomic mass is 19.1. The van der Waals surface area contributed by atoms with Crippen LogP contribution in [0, 0.1) is 18.7 Å². The average molecular weight is 237 g/mol. The predicted octanol–water partition coefficient (Wildman–Crippen LogP) is 2.09. The zero-order chi connectivity index (χ0) is 12.4. The number of nitrogens with one attached hydrogen (secondary N) is 1. The van der Waals surface area contributed by atoms with Gasteiger partial charge in [0.1, 0.15) is 11.9 Å². The van der Waals surface area contributed by atoms with Gasteiger partial charge < -0.3 is 10.4 Å². The molecule has 0 aliphatic heterocycles. The van der Waals surface area contributed by atoms with Crippen molar-refractivity contribution in [3.8, 4) is 0 Å². The van der Waals surface area contributed by atoms with E-state index >= 15 is 0 Å². The minimum Gasteiger partial charge on any atom is -0.480 e. The van der Waals surface area contributed by atoms with Crippen molar-refractivity contribution in [3.05, 3.63) is 35.1 Å². The molecule has 92 valence electrons. The Morgan fingerprint density at radius 3 is 2.82 bits per heavy atom. The van der Waals surface area contributed by atoms with Crippen molar-refractivity contribution in [1.29, 1.82) is 0 Å². The summed E-state index contributed by atoms with van der Waals surface area (Å²) in [5.41, 5.74) is 1.38. The van der Waals surface area contributed by atoms with E-state index in [1.807, 2.05) is 6.07 Å². The van der Waals surface area contributed by atoms with Gasteiger partial charge in [-0.25, -0.2) is 4.39 Å². The molecule has 3 nitrogen and oxygen atoms in total. The fourth-order valence-corrected chi connectivity index (χ4v) is 1.86. The van der Waals surface area contributed by atoms with E-state index < -0.39 is 12.0 Å². The summed E-state index contributed by atoms with van der Waals surface area (Å²) in [6.45, 7) is 2.10. The molecule has 1 unspecified atom stereocenters. The smallest absolute Gasteiger partial charge is 0.320 e. The predicted molar refractivity (Wildman–Crippen MR) is 62.1 cm³/mol. The maximum atomic E-state index is 13.3. The van der Waals surface area contributed by atoms with Gasteiger partial charge in [0.2, 0.25) is 0 Å². The molecule has 1 saturated carbocycles. The van der Waals surface area contributed by atoms with E-state index in [2.05, 4.69) is 5.32 Å². The molecular formula is C13H16FNO2. The number of carboxylic acids is 1. The summed E-state index contributed by atoms with van der Waals surface area (Å²) in [6, 6.07) is 4.48. The SMILES string of the molecule is Cc1ccc(CNC(C(=O)O)C2CC2)cc1F. The monoisotopic (exact) mass is 237 g/mol. The normalized spacial score (nSPS) is 16.8. The highest BCUT2D eigenvalue weighted by Crippen LogP contribution is 2.32. The van der Waals surface area contributed by atoms with Gasteiger partial charge in [0, 0.05) is 6.54 Å². The molecule has 0 saturated heterocycles. The zero-order valence-electron chi connectivity index (χ0n) is 9.74. The topological polar surface area (TPSA) is 49.3 Å². The fourth-order valence-electron chi connectivity index (χ4n) is 1.86.